The Labute approximate surface area is 143 Å². The SMILES string of the molecule is CC(C)N1CCC(CNC(=O)c2ccc([C@H]3CCCN3)s2)CC1. The van der Waals surface area contributed by atoms with E-state index in [4.69, 9.17) is 0 Å². The minimum absolute atomic E-state index is 0.102. The number of rotatable bonds is 5. The molecule has 5 heteroatoms. The summed E-state index contributed by atoms with van der Waals surface area (Å²) in [6, 6.07) is 5.20. The van der Waals surface area contributed by atoms with Gasteiger partial charge in [-0.1, -0.05) is 0 Å². The highest BCUT2D eigenvalue weighted by Gasteiger charge is 2.22. The molecule has 1 aromatic rings. The van der Waals surface area contributed by atoms with Crippen LogP contribution in [-0.2, 0) is 0 Å². The van der Waals surface area contributed by atoms with Crippen molar-refractivity contribution >= 4 is 17.2 Å². The fourth-order valence-electron chi connectivity index (χ4n) is 3.59. The molecular weight excluding hydrogens is 306 g/mol. The first-order chi connectivity index (χ1) is 11.1. The summed E-state index contributed by atoms with van der Waals surface area (Å²) >= 11 is 1.65. The third-order valence-corrected chi connectivity index (χ3v) is 6.38. The quantitative estimate of drug-likeness (QED) is 0.869. The summed E-state index contributed by atoms with van der Waals surface area (Å²) in [5.41, 5.74) is 0. The van der Waals surface area contributed by atoms with Crippen LogP contribution in [0.3, 0.4) is 0 Å². The number of carbonyl (C=O) groups is 1. The molecule has 2 N–H and O–H groups in total. The highest BCUT2D eigenvalue weighted by Crippen LogP contribution is 2.29. The predicted octanol–water partition coefficient (Wildman–Crippen LogP) is 3.02. The van der Waals surface area contributed by atoms with Gasteiger partial charge >= 0.3 is 0 Å². The molecule has 23 heavy (non-hydrogen) atoms. The molecule has 0 saturated carbocycles. The summed E-state index contributed by atoms with van der Waals surface area (Å²) in [6.07, 6.45) is 4.81. The Bertz CT molecular complexity index is 514. The molecule has 4 nitrogen and oxygen atoms in total. The molecule has 2 fully saturated rings. The summed E-state index contributed by atoms with van der Waals surface area (Å²) < 4.78 is 0. The van der Waals surface area contributed by atoms with Gasteiger partial charge < -0.3 is 15.5 Å². The monoisotopic (exact) mass is 335 g/mol. The van der Waals surface area contributed by atoms with Gasteiger partial charge in [0.25, 0.3) is 5.91 Å². The van der Waals surface area contributed by atoms with Crippen molar-refractivity contribution in [1.29, 1.82) is 0 Å². The minimum Gasteiger partial charge on any atom is -0.351 e. The maximum Gasteiger partial charge on any atom is 0.261 e. The maximum atomic E-state index is 12.4. The van der Waals surface area contributed by atoms with Crippen LogP contribution in [0.15, 0.2) is 12.1 Å². The molecule has 0 aromatic carbocycles. The van der Waals surface area contributed by atoms with Gasteiger partial charge in [-0.2, -0.15) is 0 Å². The topological polar surface area (TPSA) is 44.4 Å². The van der Waals surface area contributed by atoms with Gasteiger partial charge in [-0.3, -0.25) is 4.79 Å². The Kier molecular flexibility index (Phi) is 5.72. The second kappa shape index (κ2) is 7.77. The lowest BCUT2D eigenvalue weighted by molar-refractivity contribution is 0.0933. The summed E-state index contributed by atoms with van der Waals surface area (Å²) in [4.78, 5) is 17.0. The Morgan fingerprint density at radius 1 is 1.35 bits per heavy atom. The van der Waals surface area contributed by atoms with Crippen molar-refractivity contribution in [2.24, 2.45) is 5.92 Å². The maximum absolute atomic E-state index is 12.4. The molecule has 0 unspecified atom stereocenters. The van der Waals surface area contributed by atoms with Crippen molar-refractivity contribution in [2.75, 3.05) is 26.2 Å². The van der Waals surface area contributed by atoms with Gasteiger partial charge in [0, 0.05) is 23.5 Å². The standard InChI is InChI=1S/C18H29N3OS/c1-13(2)21-10-7-14(8-11-21)12-20-18(22)17-6-5-16(23-17)15-4-3-9-19-15/h5-6,13-15,19H,3-4,7-12H2,1-2H3,(H,20,22)/t15-/m1/s1. The van der Waals surface area contributed by atoms with E-state index in [2.05, 4.69) is 35.4 Å². The Balaban J connectivity index is 1.44. The Morgan fingerprint density at radius 2 is 2.13 bits per heavy atom. The molecule has 1 aromatic heterocycles. The number of thiophene rings is 1. The molecule has 3 rings (SSSR count). The fourth-order valence-corrected chi connectivity index (χ4v) is 4.62. The van der Waals surface area contributed by atoms with Crippen LogP contribution in [0.5, 0.6) is 0 Å². The normalized spacial score (nSPS) is 23.5. The van der Waals surface area contributed by atoms with E-state index in [1.807, 2.05) is 6.07 Å². The number of nitrogens with zero attached hydrogens (tertiary/aromatic N) is 1. The van der Waals surface area contributed by atoms with E-state index in [-0.39, 0.29) is 5.91 Å². The van der Waals surface area contributed by atoms with Crippen LogP contribution in [0.4, 0.5) is 0 Å². The highest BCUT2D eigenvalue weighted by atomic mass is 32.1. The van der Waals surface area contributed by atoms with Crippen LogP contribution in [0, 0.1) is 5.92 Å². The first-order valence-electron chi connectivity index (χ1n) is 8.99. The largest absolute Gasteiger partial charge is 0.351 e. The van der Waals surface area contributed by atoms with Gasteiger partial charge in [0.2, 0.25) is 0 Å². The lowest BCUT2D eigenvalue weighted by Crippen LogP contribution is -2.41. The number of carbonyl (C=O) groups excluding carboxylic acids is 1. The van der Waals surface area contributed by atoms with E-state index in [1.54, 1.807) is 11.3 Å². The van der Waals surface area contributed by atoms with Crippen molar-refractivity contribution in [3.8, 4) is 0 Å². The van der Waals surface area contributed by atoms with Crippen molar-refractivity contribution in [2.45, 2.75) is 51.6 Å². The van der Waals surface area contributed by atoms with Crippen LogP contribution in [0.1, 0.15) is 60.1 Å². The number of likely N-dealkylation sites (tertiary alicyclic amines) is 1. The van der Waals surface area contributed by atoms with Gasteiger partial charge in [0.05, 0.1) is 4.88 Å². The fraction of sp³-hybridized carbons (Fsp3) is 0.722. The zero-order valence-corrected chi connectivity index (χ0v) is 15.1. The first-order valence-corrected chi connectivity index (χ1v) is 9.80. The average molecular weight is 336 g/mol. The predicted molar refractivity (Wildman–Crippen MR) is 96.1 cm³/mol. The lowest BCUT2D eigenvalue weighted by Gasteiger charge is -2.34. The molecule has 0 spiro atoms. The molecule has 0 aliphatic carbocycles. The van der Waals surface area contributed by atoms with Crippen LogP contribution >= 0.6 is 11.3 Å². The van der Waals surface area contributed by atoms with Crippen LogP contribution in [0.2, 0.25) is 0 Å². The highest BCUT2D eigenvalue weighted by molar-refractivity contribution is 7.14. The van der Waals surface area contributed by atoms with E-state index >= 15 is 0 Å². The van der Waals surface area contributed by atoms with Crippen molar-refractivity contribution in [3.63, 3.8) is 0 Å². The van der Waals surface area contributed by atoms with Crippen molar-refractivity contribution < 1.29 is 4.79 Å². The molecule has 2 aliphatic heterocycles. The average Bonchev–Trinajstić information content (AvgIpc) is 3.23. The third kappa shape index (κ3) is 4.34. The summed E-state index contributed by atoms with van der Waals surface area (Å²) in [5.74, 6) is 0.732. The first kappa shape index (κ1) is 16.9. The number of nitrogens with one attached hydrogen (secondary N) is 2. The van der Waals surface area contributed by atoms with Gasteiger partial charge in [-0.25, -0.2) is 0 Å². The molecule has 2 saturated heterocycles. The molecule has 1 amide bonds. The zero-order valence-electron chi connectivity index (χ0n) is 14.3. The molecule has 3 heterocycles. The molecule has 0 radical (unpaired) electrons. The van der Waals surface area contributed by atoms with Gasteiger partial charge in [0.1, 0.15) is 0 Å². The molecule has 1 atom stereocenters. The smallest absolute Gasteiger partial charge is 0.261 e. The van der Waals surface area contributed by atoms with E-state index < -0.39 is 0 Å². The van der Waals surface area contributed by atoms with Gasteiger partial charge in [-0.15, -0.1) is 11.3 Å². The zero-order chi connectivity index (χ0) is 16.2. The van der Waals surface area contributed by atoms with Crippen molar-refractivity contribution in [3.05, 3.63) is 21.9 Å². The van der Waals surface area contributed by atoms with Crippen LogP contribution in [-0.4, -0.2) is 43.0 Å². The number of hydrogen-bond acceptors (Lipinski definition) is 4. The van der Waals surface area contributed by atoms with E-state index in [0.717, 1.165) is 31.1 Å². The van der Waals surface area contributed by atoms with E-state index in [1.165, 1.54) is 30.6 Å². The Morgan fingerprint density at radius 3 is 2.78 bits per heavy atom. The van der Waals surface area contributed by atoms with Crippen molar-refractivity contribution in [1.82, 2.24) is 15.5 Å². The summed E-state index contributed by atoms with van der Waals surface area (Å²) in [5, 5.41) is 6.65. The van der Waals surface area contributed by atoms with E-state index in [0.29, 0.717) is 18.0 Å². The van der Waals surface area contributed by atoms with Crippen LogP contribution < -0.4 is 10.6 Å². The minimum atomic E-state index is 0.102. The number of hydrogen-bond donors (Lipinski definition) is 2. The second-order valence-electron chi connectivity index (χ2n) is 7.13. The molecule has 2 aliphatic rings. The molecule has 0 bridgehead atoms. The van der Waals surface area contributed by atoms with Crippen LogP contribution in [0.25, 0.3) is 0 Å². The second-order valence-corrected chi connectivity index (χ2v) is 8.25. The summed E-state index contributed by atoms with van der Waals surface area (Å²) in [6.45, 7) is 8.76. The molecule has 128 valence electrons. The van der Waals surface area contributed by atoms with Gasteiger partial charge in [0.15, 0.2) is 0 Å². The molecular formula is C18H29N3OS. The lowest BCUT2D eigenvalue weighted by atomic mass is 9.96. The van der Waals surface area contributed by atoms with E-state index in [9.17, 15) is 4.79 Å². The Hall–Kier alpha value is -0.910. The van der Waals surface area contributed by atoms with Gasteiger partial charge in [-0.05, 0) is 77.2 Å². The summed E-state index contributed by atoms with van der Waals surface area (Å²) in [7, 11) is 0. The third-order valence-electron chi connectivity index (χ3n) is 5.19. The number of piperidine rings is 1. The number of amides is 1.